The molecule has 1 N–H and O–H groups in total. The SMILES string of the molecule is Cc1cccc(CNC(=O)c2cnccc2Cl)c1. The molecule has 0 saturated heterocycles. The minimum absolute atomic E-state index is 0.213. The van der Waals surface area contributed by atoms with Gasteiger partial charge in [0.05, 0.1) is 10.6 Å². The number of halogens is 1. The Morgan fingerprint density at radius 1 is 1.39 bits per heavy atom. The summed E-state index contributed by atoms with van der Waals surface area (Å²) in [7, 11) is 0. The van der Waals surface area contributed by atoms with Crippen molar-refractivity contribution in [3.63, 3.8) is 0 Å². The average molecular weight is 261 g/mol. The van der Waals surface area contributed by atoms with Crippen LogP contribution < -0.4 is 5.32 Å². The van der Waals surface area contributed by atoms with E-state index in [0.29, 0.717) is 17.1 Å². The van der Waals surface area contributed by atoms with Crippen molar-refractivity contribution in [3.8, 4) is 0 Å². The second-order valence-corrected chi connectivity index (χ2v) is 4.43. The van der Waals surface area contributed by atoms with E-state index in [-0.39, 0.29) is 5.91 Å². The van der Waals surface area contributed by atoms with Crippen LogP contribution in [-0.4, -0.2) is 10.9 Å². The molecule has 3 nitrogen and oxygen atoms in total. The lowest BCUT2D eigenvalue weighted by Crippen LogP contribution is -2.23. The summed E-state index contributed by atoms with van der Waals surface area (Å²) in [4.78, 5) is 15.8. The fourth-order valence-corrected chi connectivity index (χ4v) is 1.84. The van der Waals surface area contributed by atoms with Gasteiger partial charge in [-0.1, -0.05) is 41.4 Å². The molecular formula is C14H13ClN2O. The lowest BCUT2D eigenvalue weighted by atomic mass is 10.1. The number of hydrogen-bond acceptors (Lipinski definition) is 2. The zero-order valence-corrected chi connectivity index (χ0v) is 10.7. The minimum atomic E-state index is -0.213. The standard InChI is InChI=1S/C14H13ClN2O/c1-10-3-2-4-11(7-10)8-17-14(18)12-9-16-6-5-13(12)15/h2-7,9H,8H2,1H3,(H,17,18). The number of aryl methyl sites for hydroxylation is 1. The number of pyridine rings is 1. The average Bonchev–Trinajstić information content (AvgIpc) is 2.37. The topological polar surface area (TPSA) is 42.0 Å². The normalized spacial score (nSPS) is 10.1. The van der Waals surface area contributed by atoms with Gasteiger partial charge in [-0.15, -0.1) is 0 Å². The van der Waals surface area contributed by atoms with Crippen LogP contribution in [0.2, 0.25) is 5.02 Å². The van der Waals surface area contributed by atoms with Gasteiger partial charge < -0.3 is 5.32 Å². The summed E-state index contributed by atoms with van der Waals surface area (Å²) in [6.07, 6.45) is 3.02. The fourth-order valence-electron chi connectivity index (χ4n) is 1.64. The molecule has 0 aliphatic heterocycles. The highest BCUT2D eigenvalue weighted by atomic mass is 35.5. The number of benzene rings is 1. The van der Waals surface area contributed by atoms with E-state index in [1.54, 1.807) is 12.3 Å². The molecule has 1 amide bonds. The zero-order chi connectivity index (χ0) is 13.0. The number of carbonyl (C=O) groups is 1. The van der Waals surface area contributed by atoms with Crippen molar-refractivity contribution < 1.29 is 4.79 Å². The van der Waals surface area contributed by atoms with Crippen LogP contribution in [0.4, 0.5) is 0 Å². The van der Waals surface area contributed by atoms with Gasteiger partial charge in [-0.3, -0.25) is 9.78 Å². The molecule has 0 fully saturated rings. The number of rotatable bonds is 3. The third kappa shape index (κ3) is 3.08. The molecule has 0 saturated carbocycles. The van der Waals surface area contributed by atoms with Crippen LogP contribution in [-0.2, 0) is 6.54 Å². The Morgan fingerprint density at radius 3 is 2.94 bits per heavy atom. The molecule has 18 heavy (non-hydrogen) atoms. The van der Waals surface area contributed by atoms with Crippen molar-refractivity contribution in [3.05, 3.63) is 64.4 Å². The number of nitrogens with one attached hydrogen (secondary N) is 1. The van der Waals surface area contributed by atoms with Crippen LogP contribution in [0.1, 0.15) is 21.5 Å². The van der Waals surface area contributed by atoms with Crippen LogP contribution in [0.15, 0.2) is 42.7 Å². The van der Waals surface area contributed by atoms with E-state index in [4.69, 9.17) is 11.6 Å². The third-order valence-corrected chi connectivity index (χ3v) is 2.88. The second kappa shape index (κ2) is 5.65. The number of carbonyl (C=O) groups excluding carboxylic acids is 1. The second-order valence-electron chi connectivity index (χ2n) is 4.03. The molecule has 0 bridgehead atoms. The Bertz CT molecular complexity index is 569. The van der Waals surface area contributed by atoms with Crippen LogP contribution in [0.25, 0.3) is 0 Å². The predicted molar refractivity (Wildman–Crippen MR) is 71.6 cm³/mol. The van der Waals surface area contributed by atoms with Gasteiger partial charge >= 0.3 is 0 Å². The molecule has 0 spiro atoms. The van der Waals surface area contributed by atoms with Crippen LogP contribution in [0.5, 0.6) is 0 Å². The number of amides is 1. The van der Waals surface area contributed by atoms with E-state index >= 15 is 0 Å². The van der Waals surface area contributed by atoms with Crippen LogP contribution >= 0.6 is 11.6 Å². The molecule has 1 aromatic heterocycles. The highest BCUT2D eigenvalue weighted by Gasteiger charge is 2.09. The van der Waals surface area contributed by atoms with Gasteiger partial charge in [-0.2, -0.15) is 0 Å². The summed E-state index contributed by atoms with van der Waals surface area (Å²) in [6, 6.07) is 9.59. The van der Waals surface area contributed by atoms with Crippen molar-refractivity contribution in [2.45, 2.75) is 13.5 Å². The van der Waals surface area contributed by atoms with Gasteiger partial charge in [-0.05, 0) is 18.6 Å². The van der Waals surface area contributed by atoms with Crippen molar-refractivity contribution in [2.24, 2.45) is 0 Å². The summed E-state index contributed by atoms with van der Waals surface area (Å²) in [6.45, 7) is 2.50. The smallest absolute Gasteiger partial charge is 0.254 e. The van der Waals surface area contributed by atoms with Gasteiger partial charge in [0.2, 0.25) is 0 Å². The molecule has 0 aliphatic rings. The minimum Gasteiger partial charge on any atom is -0.348 e. The molecule has 0 atom stereocenters. The first-order valence-electron chi connectivity index (χ1n) is 5.60. The van der Waals surface area contributed by atoms with Gasteiger partial charge in [0.25, 0.3) is 5.91 Å². The summed E-state index contributed by atoms with van der Waals surface area (Å²) < 4.78 is 0. The lowest BCUT2D eigenvalue weighted by molar-refractivity contribution is 0.0950. The lowest BCUT2D eigenvalue weighted by Gasteiger charge is -2.06. The van der Waals surface area contributed by atoms with Gasteiger partial charge in [0.15, 0.2) is 0 Å². The quantitative estimate of drug-likeness (QED) is 0.922. The van der Waals surface area contributed by atoms with E-state index in [9.17, 15) is 4.79 Å². The summed E-state index contributed by atoms with van der Waals surface area (Å²) in [5.41, 5.74) is 2.62. The fraction of sp³-hybridized carbons (Fsp3) is 0.143. The first kappa shape index (κ1) is 12.6. The number of aromatic nitrogens is 1. The van der Waals surface area contributed by atoms with E-state index in [1.807, 2.05) is 31.2 Å². The molecule has 1 heterocycles. The predicted octanol–water partition coefficient (Wildman–Crippen LogP) is 2.97. The molecule has 0 aliphatic carbocycles. The van der Waals surface area contributed by atoms with Crippen molar-refractivity contribution in [1.29, 1.82) is 0 Å². The molecule has 4 heteroatoms. The Hall–Kier alpha value is -1.87. The van der Waals surface area contributed by atoms with Crippen LogP contribution in [0.3, 0.4) is 0 Å². The molecule has 2 aromatic rings. The van der Waals surface area contributed by atoms with Gasteiger partial charge in [0, 0.05) is 18.9 Å². The monoisotopic (exact) mass is 260 g/mol. The zero-order valence-electron chi connectivity index (χ0n) is 9.98. The van der Waals surface area contributed by atoms with E-state index in [2.05, 4.69) is 10.3 Å². The third-order valence-electron chi connectivity index (χ3n) is 2.55. The summed E-state index contributed by atoms with van der Waals surface area (Å²) in [5.74, 6) is -0.213. The van der Waals surface area contributed by atoms with E-state index < -0.39 is 0 Å². The maximum absolute atomic E-state index is 11.9. The number of nitrogens with zero attached hydrogens (tertiary/aromatic N) is 1. The van der Waals surface area contributed by atoms with E-state index in [1.165, 1.54) is 11.8 Å². The van der Waals surface area contributed by atoms with Gasteiger partial charge in [-0.25, -0.2) is 0 Å². The molecule has 0 unspecified atom stereocenters. The first-order chi connectivity index (χ1) is 8.66. The highest BCUT2D eigenvalue weighted by Crippen LogP contribution is 2.13. The summed E-state index contributed by atoms with van der Waals surface area (Å²) >= 11 is 5.93. The maximum Gasteiger partial charge on any atom is 0.254 e. The Labute approximate surface area is 111 Å². The Kier molecular flexibility index (Phi) is 3.95. The Balaban J connectivity index is 2.03. The molecule has 92 valence electrons. The first-order valence-corrected chi connectivity index (χ1v) is 5.98. The van der Waals surface area contributed by atoms with Crippen molar-refractivity contribution in [2.75, 3.05) is 0 Å². The maximum atomic E-state index is 11.9. The molecule has 1 aromatic carbocycles. The highest BCUT2D eigenvalue weighted by molar-refractivity contribution is 6.33. The van der Waals surface area contributed by atoms with E-state index in [0.717, 1.165) is 5.56 Å². The van der Waals surface area contributed by atoms with Gasteiger partial charge in [0.1, 0.15) is 0 Å². The molecule has 0 radical (unpaired) electrons. The molecular weight excluding hydrogens is 248 g/mol. The Morgan fingerprint density at radius 2 is 2.22 bits per heavy atom. The largest absolute Gasteiger partial charge is 0.348 e. The van der Waals surface area contributed by atoms with Crippen molar-refractivity contribution in [1.82, 2.24) is 10.3 Å². The van der Waals surface area contributed by atoms with Crippen LogP contribution in [0, 0.1) is 6.92 Å². The molecule has 2 rings (SSSR count). The van der Waals surface area contributed by atoms with Crippen molar-refractivity contribution >= 4 is 17.5 Å². The number of hydrogen-bond donors (Lipinski definition) is 1. The summed E-state index contributed by atoms with van der Waals surface area (Å²) in [5, 5.41) is 3.23.